The molecule has 0 spiro atoms. The Balaban J connectivity index is 2.50. The first-order chi connectivity index (χ1) is 8.11. The number of hydrogen-bond acceptors (Lipinski definition) is 1. The minimum absolute atomic E-state index is 0.147. The number of allylic oxidation sites excluding steroid dienone is 3. The van der Waals surface area contributed by atoms with Gasteiger partial charge in [0.1, 0.15) is 0 Å². The van der Waals surface area contributed by atoms with E-state index >= 15 is 0 Å². The van der Waals surface area contributed by atoms with E-state index in [0.29, 0.717) is 17.0 Å². The first-order valence-electron chi connectivity index (χ1n) is 5.46. The van der Waals surface area contributed by atoms with Crippen molar-refractivity contribution in [2.45, 2.75) is 19.3 Å². The van der Waals surface area contributed by atoms with Crippen LogP contribution in [0, 0.1) is 0 Å². The van der Waals surface area contributed by atoms with Crippen molar-refractivity contribution in [2.75, 3.05) is 0 Å². The fourth-order valence-corrected chi connectivity index (χ4v) is 2.49. The fraction of sp³-hybridized carbons (Fsp3) is 0.214. The second kappa shape index (κ2) is 4.76. The first-order valence-corrected chi connectivity index (χ1v) is 5.84. The van der Waals surface area contributed by atoms with E-state index in [0.717, 1.165) is 11.1 Å². The number of aliphatic carboxylic acids is 1. The first kappa shape index (κ1) is 11.9. The van der Waals surface area contributed by atoms with Gasteiger partial charge in [0.15, 0.2) is 0 Å². The third kappa shape index (κ3) is 2.27. The van der Waals surface area contributed by atoms with Crippen molar-refractivity contribution in [3.8, 4) is 0 Å². The molecule has 2 rings (SSSR count). The topological polar surface area (TPSA) is 37.3 Å². The second-order valence-electron chi connectivity index (χ2n) is 4.11. The summed E-state index contributed by atoms with van der Waals surface area (Å²) in [4.78, 5) is 11.3. The summed E-state index contributed by atoms with van der Waals surface area (Å²) in [6.07, 6.45) is 4.54. The maximum Gasteiger partial charge on any atom is 0.332 e. The number of carbonyl (C=O) groups is 1. The van der Waals surface area contributed by atoms with Gasteiger partial charge in [0, 0.05) is 16.5 Å². The molecule has 0 radical (unpaired) electrons. The lowest BCUT2D eigenvalue weighted by molar-refractivity contribution is -0.133. The summed E-state index contributed by atoms with van der Waals surface area (Å²) in [5.74, 6) is -1.01. The Labute approximate surface area is 105 Å². The summed E-state index contributed by atoms with van der Waals surface area (Å²) in [5, 5.41) is 9.92. The molecule has 0 amide bonds. The largest absolute Gasteiger partial charge is 0.478 e. The van der Waals surface area contributed by atoms with Gasteiger partial charge in [0.25, 0.3) is 0 Å². The van der Waals surface area contributed by atoms with Crippen LogP contribution in [-0.4, -0.2) is 11.1 Å². The van der Waals surface area contributed by atoms with Gasteiger partial charge in [-0.15, -0.1) is 0 Å². The molecular formula is C14H13ClO2. The minimum Gasteiger partial charge on any atom is -0.478 e. The standard InChI is InChI=1S/C14H13ClO2/c1-9-5-4-7-11(13(9)14(16)17)10-6-2-3-8-12(10)15/h2-6,8,11H,7H2,1H3,(H,16,17). The molecule has 0 bridgehead atoms. The lowest BCUT2D eigenvalue weighted by atomic mass is 9.82. The summed E-state index contributed by atoms with van der Waals surface area (Å²) in [5.41, 5.74) is 2.13. The normalized spacial score (nSPS) is 19.5. The number of benzene rings is 1. The smallest absolute Gasteiger partial charge is 0.332 e. The van der Waals surface area contributed by atoms with Crippen molar-refractivity contribution in [2.24, 2.45) is 0 Å². The quantitative estimate of drug-likeness (QED) is 0.865. The highest BCUT2D eigenvalue weighted by Gasteiger charge is 2.26. The molecule has 0 aliphatic heterocycles. The number of hydrogen-bond donors (Lipinski definition) is 1. The van der Waals surface area contributed by atoms with Gasteiger partial charge in [-0.1, -0.05) is 42.0 Å². The highest BCUT2D eigenvalue weighted by atomic mass is 35.5. The van der Waals surface area contributed by atoms with Gasteiger partial charge in [-0.3, -0.25) is 0 Å². The molecule has 88 valence electrons. The zero-order chi connectivity index (χ0) is 12.4. The van der Waals surface area contributed by atoms with E-state index in [9.17, 15) is 9.90 Å². The Bertz CT molecular complexity index is 515. The molecule has 1 aromatic rings. The highest BCUT2D eigenvalue weighted by molar-refractivity contribution is 6.31. The molecule has 0 heterocycles. The van der Waals surface area contributed by atoms with Crippen molar-refractivity contribution in [1.82, 2.24) is 0 Å². The minimum atomic E-state index is -0.864. The Morgan fingerprint density at radius 1 is 1.41 bits per heavy atom. The maximum absolute atomic E-state index is 11.3. The van der Waals surface area contributed by atoms with E-state index in [2.05, 4.69) is 0 Å². The Morgan fingerprint density at radius 3 is 2.76 bits per heavy atom. The van der Waals surface area contributed by atoms with Crippen molar-refractivity contribution < 1.29 is 9.90 Å². The molecule has 2 nitrogen and oxygen atoms in total. The molecule has 0 saturated heterocycles. The van der Waals surface area contributed by atoms with Gasteiger partial charge in [-0.05, 0) is 30.5 Å². The van der Waals surface area contributed by atoms with Crippen LogP contribution in [0.4, 0.5) is 0 Å². The SMILES string of the molecule is CC1=C(C(=O)O)C(c2ccccc2Cl)CC=C1. The molecule has 0 fully saturated rings. The molecule has 17 heavy (non-hydrogen) atoms. The van der Waals surface area contributed by atoms with Crippen molar-refractivity contribution in [3.63, 3.8) is 0 Å². The zero-order valence-corrected chi connectivity index (χ0v) is 10.2. The average molecular weight is 249 g/mol. The zero-order valence-electron chi connectivity index (χ0n) is 9.48. The Kier molecular flexibility index (Phi) is 3.34. The fourth-order valence-electron chi connectivity index (χ4n) is 2.22. The molecule has 1 atom stereocenters. The van der Waals surface area contributed by atoms with E-state index in [4.69, 9.17) is 11.6 Å². The van der Waals surface area contributed by atoms with Gasteiger partial charge >= 0.3 is 5.97 Å². The lowest BCUT2D eigenvalue weighted by Crippen LogP contribution is -2.15. The van der Waals surface area contributed by atoms with Gasteiger partial charge in [-0.25, -0.2) is 4.79 Å². The van der Waals surface area contributed by atoms with Crippen molar-refractivity contribution >= 4 is 17.6 Å². The van der Waals surface area contributed by atoms with Crippen LogP contribution in [0.1, 0.15) is 24.8 Å². The van der Waals surface area contributed by atoms with E-state index < -0.39 is 5.97 Å². The van der Waals surface area contributed by atoms with Crippen LogP contribution in [0.15, 0.2) is 47.6 Å². The lowest BCUT2D eigenvalue weighted by Gasteiger charge is -2.22. The van der Waals surface area contributed by atoms with E-state index in [1.165, 1.54) is 0 Å². The maximum atomic E-state index is 11.3. The van der Waals surface area contributed by atoms with Crippen molar-refractivity contribution in [3.05, 3.63) is 58.1 Å². The molecule has 0 aromatic heterocycles. The number of carboxylic acids is 1. The molecule has 1 unspecified atom stereocenters. The summed E-state index contributed by atoms with van der Waals surface area (Å²) >= 11 is 6.14. The summed E-state index contributed by atoms with van der Waals surface area (Å²) in [6, 6.07) is 7.42. The predicted octanol–water partition coefficient (Wildman–Crippen LogP) is 3.78. The third-order valence-electron chi connectivity index (χ3n) is 3.02. The average Bonchev–Trinajstić information content (AvgIpc) is 2.28. The summed E-state index contributed by atoms with van der Waals surface area (Å²) < 4.78 is 0. The molecule has 3 heteroatoms. The van der Waals surface area contributed by atoms with Crippen LogP contribution in [0.5, 0.6) is 0 Å². The molecule has 1 N–H and O–H groups in total. The van der Waals surface area contributed by atoms with E-state index in [-0.39, 0.29) is 5.92 Å². The number of halogens is 1. The summed E-state index contributed by atoms with van der Waals surface area (Å²) in [6.45, 7) is 1.82. The second-order valence-corrected chi connectivity index (χ2v) is 4.52. The van der Waals surface area contributed by atoms with Gasteiger partial charge in [-0.2, -0.15) is 0 Å². The van der Waals surface area contributed by atoms with Crippen molar-refractivity contribution in [1.29, 1.82) is 0 Å². The van der Waals surface area contributed by atoms with Crippen LogP contribution in [-0.2, 0) is 4.79 Å². The highest BCUT2D eigenvalue weighted by Crippen LogP contribution is 2.37. The van der Waals surface area contributed by atoms with Gasteiger partial charge in [0.05, 0.1) is 0 Å². The van der Waals surface area contributed by atoms with Gasteiger partial charge < -0.3 is 5.11 Å². The van der Waals surface area contributed by atoms with E-state index in [1.54, 1.807) is 6.07 Å². The molecule has 1 aliphatic carbocycles. The summed E-state index contributed by atoms with van der Waals surface area (Å²) in [7, 11) is 0. The molecule has 1 aliphatic rings. The van der Waals surface area contributed by atoms with Crippen LogP contribution >= 0.6 is 11.6 Å². The molecule has 1 aromatic carbocycles. The van der Waals surface area contributed by atoms with Crippen LogP contribution in [0.25, 0.3) is 0 Å². The third-order valence-corrected chi connectivity index (χ3v) is 3.37. The molecular weight excluding hydrogens is 236 g/mol. The van der Waals surface area contributed by atoms with Crippen LogP contribution in [0.2, 0.25) is 5.02 Å². The number of carboxylic acid groups (broad SMARTS) is 1. The molecule has 0 saturated carbocycles. The number of rotatable bonds is 2. The monoisotopic (exact) mass is 248 g/mol. The van der Waals surface area contributed by atoms with Crippen LogP contribution in [0.3, 0.4) is 0 Å². The van der Waals surface area contributed by atoms with Crippen LogP contribution < -0.4 is 0 Å². The van der Waals surface area contributed by atoms with Gasteiger partial charge in [0.2, 0.25) is 0 Å². The Hall–Kier alpha value is -1.54. The predicted molar refractivity (Wildman–Crippen MR) is 68.3 cm³/mol. The van der Waals surface area contributed by atoms with E-state index in [1.807, 2.05) is 37.3 Å². The Morgan fingerprint density at radius 2 is 2.12 bits per heavy atom.